The number of fused-ring (bicyclic) bond motifs is 1. The lowest BCUT2D eigenvalue weighted by molar-refractivity contribution is 0.453. The van der Waals surface area contributed by atoms with Crippen LogP contribution in [0.1, 0.15) is 34.7 Å². The molecule has 0 nitrogen and oxygen atoms in total. The standard InChI is InChI=1S/C28H16F4/c1-2-18-3-5-19(6-4-18)7-8-21-10-13-22(25(29)16-21)12-9-20-11-14-24-23(15-20)17-26(30)28(32)27(24)31/h3-6,10-11,13-17H,2H2,1H3. The van der Waals surface area contributed by atoms with Gasteiger partial charge >= 0.3 is 0 Å². The smallest absolute Gasteiger partial charge is 0.195 e. The molecular weight excluding hydrogens is 412 g/mol. The maximum Gasteiger partial charge on any atom is 0.195 e. The maximum absolute atomic E-state index is 14.5. The van der Waals surface area contributed by atoms with Crippen LogP contribution in [0.5, 0.6) is 0 Å². The van der Waals surface area contributed by atoms with Gasteiger partial charge in [-0.25, -0.2) is 17.6 Å². The van der Waals surface area contributed by atoms with Crippen LogP contribution in [0.25, 0.3) is 10.8 Å². The minimum atomic E-state index is -1.51. The molecule has 4 heteroatoms. The van der Waals surface area contributed by atoms with Gasteiger partial charge in [-0.1, -0.05) is 48.8 Å². The molecule has 156 valence electrons. The van der Waals surface area contributed by atoms with Crippen molar-refractivity contribution in [2.24, 2.45) is 0 Å². The maximum atomic E-state index is 14.5. The quantitative estimate of drug-likeness (QED) is 0.179. The summed E-state index contributed by atoms with van der Waals surface area (Å²) in [5, 5.41) is 0.124. The molecule has 0 aromatic heterocycles. The fraction of sp³-hybridized carbons (Fsp3) is 0.0714. The van der Waals surface area contributed by atoms with Gasteiger partial charge in [0.1, 0.15) is 5.82 Å². The zero-order valence-corrected chi connectivity index (χ0v) is 17.1. The highest BCUT2D eigenvalue weighted by molar-refractivity contribution is 5.84. The van der Waals surface area contributed by atoms with E-state index in [1.165, 1.54) is 35.9 Å². The van der Waals surface area contributed by atoms with Gasteiger partial charge < -0.3 is 0 Å². The fourth-order valence-electron chi connectivity index (χ4n) is 3.18. The third-order valence-corrected chi connectivity index (χ3v) is 5.00. The average Bonchev–Trinajstić information content (AvgIpc) is 2.81. The van der Waals surface area contributed by atoms with Crippen molar-refractivity contribution < 1.29 is 17.6 Å². The summed E-state index contributed by atoms with van der Waals surface area (Å²) in [4.78, 5) is 0. The Morgan fingerprint density at radius 3 is 1.94 bits per heavy atom. The summed E-state index contributed by atoms with van der Waals surface area (Å²) in [6, 6.07) is 17.5. The van der Waals surface area contributed by atoms with Gasteiger partial charge in [0.15, 0.2) is 17.5 Å². The lowest BCUT2D eigenvalue weighted by Crippen LogP contribution is -1.92. The summed E-state index contributed by atoms with van der Waals surface area (Å²) in [5.41, 5.74) is 3.17. The second kappa shape index (κ2) is 9.00. The second-order valence-corrected chi connectivity index (χ2v) is 7.17. The van der Waals surface area contributed by atoms with E-state index in [-0.39, 0.29) is 16.3 Å². The molecule has 0 N–H and O–H groups in total. The van der Waals surface area contributed by atoms with E-state index in [4.69, 9.17) is 0 Å². The fourth-order valence-corrected chi connectivity index (χ4v) is 3.18. The first-order valence-electron chi connectivity index (χ1n) is 9.94. The normalized spacial score (nSPS) is 10.3. The van der Waals surface area contributed by atoms with Gasteiger partial charge in [0.05, 0.1) is 5.56 Å². The Morgan fingerprint density at radius 1 is 0.594 bits per heavy atom. The Labute approximate surface area is 183 Å². The molecule has 0 saturated carbocycles. The highest BCUT2D eigenvalue weighted by Gasteiger charge is 2.13. The molecule has 4 rings (SSSR count). The number of hydrogen-bond donors (Lipinski definition) is 0. The Kier molecular flexibility index (Phi) is 5.97. The van der Waals surface area contributed by atoms with Crippen LogP contribution in [0.2, 0.25) is 0 Å². The van der Waals surface area contributed by atoms with Gasteiger partial charge in [0.2, 0.25) is 0 Å². The molecule has 0 unspecified atom stereocenters. The average molecular weight is 428 g/mol. The number of halogens is 4. The molecule has 0 spiro atoms. The Balaban J connectivity index is 1.57. The first kappa shape index (κ1) is 21.2. The van der Waals surface area contributed by atoms with Crippen LogP contribution in [0.15, 0.2) is 66.7 Å². The molecule has 0 amide bonds. The van der Waals surface area contributed by atoms with Crippen molar-refractivity contribution in [1.29, 1.82) is 0 Å². The molecule has 0 saturated heterocycles. The van der Waals surface area contributed by atoms with E-state index in [2.05, 4.69) is 30.6 Å². The van der Waals surface area contributed by atoms with E-state index in [0.29, 0.717) is 11.1 Å². The van der Waals surface area contributed by atoms with Crippen LogP contribution in [0.3, 0.4) is 0 Å². The first-order chi connectivity index (χ1) is 15.4. The molecule has 0 bridgehead atoms. The minimum absolute atomic E-state index is 0.0482. The molecule has 32 heavy (non-hydrogen) atoms. The number of aryl methyl sites for hydroxylation is 1. The largest absolute Gasteiger partial charge is 0.206 e. The van der Waals surface area contributed by atoms with Crippen LogP contribution in [-0.4, -0.2) is 0 Å². The molecule has 4 aromatic carbocycles. The number of hydrogen-bond acceptors (Lipinski definition) is 0. The van der Waals surface area contributed by atoms with Gasteiger partial charge in [0.25, 0.3) is 0 Å². The van der Waals surface area contributed by atoms with Crippen molar-refractivity contribution in [3.63, 3.8) is 0 Å². The van der Waals surface area contributed by atoms with Crippen molar-refractivity contribution in [2.75, 3.05) is 0 Å². The summed E-state index contributed by atoms with van der Waals surface area (Å²) < 4.78 is 55.1. The predicted octanol–water partition coefficient (Wildman–Crippen LogP) is 6.76. The third kappa shape index (κ3) is 4.51. The molecule has 0 fully saturated rings. The monoisotopic (exact) mass is 428 g/mol. The predicted molar refractivity (Wildman–Crippen MR) is 118 cm³/mol. The number of rotatable bonds is 1. The molecule has 0 radical (unpaired) electrons. The van der Waals surface area contributed by atoms with E-state index in [1.54, 1.807) is 6.07 Å². The van der Waals surface area contributed by atoms with Crippen molar-refractivity contribution in [2.45, 2.75) is 13.3 Å². The molecular formula is C28H16F4. The Morgan fingerprint density at radius 2 is 1.22 bits per heavy atom. The zero-order valence-electron chi connectivity index (χ0n) is 17.1. The lowest BCUT2D eigenvalue weighted by Gasteiger charge is -2.02. The molecule has 0 aliphatic rings. The summed E-state index contributed by atoms with van der Waals surface area (Å²) in [6.45, 7) is 2.08. The topological polar surface area (TPSA) is 0 Å². The van der Waals surface area contributed by atoms with Crippen molar-refractivity contribution in [3.05, 3.63) is 118 Å². The zero-order chi connectivity index (χ0) is 22.7. The molecule has 0 heterocycles. The minimum Gasteiger partial charge on any atom is -0.206 e. The van der Waals surface area contributed by atoms with E-state index < -0.39 is 23.3 Å². The number of benzene rings is 4. The van der Waals surface area contributed by atoms with Gasteiger partial charge in [0, 0.05) is 22.1 Å². The second-order valence-electron chi connectivity index (χ2n) is 7.17. The van der Waals surface area contributed by atoms with E-state index in [9.17, 15) is 17.6 Å². The van der Waals surface area contributed by atoms with Gasteiger partial charge in [-0.3, -0.25) is 0 Å². The summed E-state index contributed by atoms with van der Waals surface area (Å²) in [7, 11) is 0. The van der Waals surface area contributed by atoms with Crippen LogP contribution >= 0.6 is 0 Å². The molecule has 0 atom stereocenters. The van der Waals surface area contributed by atoms with E-state index in [0.717, 1.165) is 18.1 Å². The Bertz CT molecular complexity index is 1440. The Hall–Kier alpha value is -4.02. The summed E-state index contributed by atoms with van der Waals surface area (Å²) in [5.74, 6) is 6.87. The molecule has 0 aliphatic heterocycles. The van der Waals surface area contributed by atoms with E-state index in [1.807, 2.05) is 24.3 Å². The highest BCUT2D eigenvalue weighted by Crippen LogP contribution is 2.24. The molecule has 4 aromatic rings. The van der Waals surface area contributed by atoms with Crippen molar-refractivity contribution >= 4 is 10.8 Å². The third-order valence-electron chi connectivity index (χ3n) is 5.00. The SMILES string of the molecule is CCc1ccc(C#Cc2ccc(C#Cc3ccc4c(F)c(F)c(F)cc4c3)c(F)c2)cc1. The van der Waals surface area contributed by atoms with Crippen LogP contribution in [0.4, 0.5) is 17.6 Å². The van der Waals surface area contributed by atoms with Crippen LogP contribution in [0, 0.1) is 47.0 Å². The lowest BCUT2D eigenvalue weighted by atomic mass is 10.1. The highest BCUT2D eigenvalue weighted by atomic mass is 19.2. The van der Waals surface area contributed by atoms with Gasteiger partial charge in [-0.15, -0.1) is 0 Å². The summed E-state index contributed by atoms with van der Waals surface area (Å²) in [6.07, 6.45) is 0.951. The van der Waals surface area contributed by atoms with Crippen LogP contribution in [-0.2, 0) is 6.42 Å². The van der Waals surface area contributed by atoms with Gasteiger partial charge in [-0.2, -0.15) is 0 Å². The van der Waals surface area contributed by atoms with Crippen LogP contribution < -0.4 is 0 Å². The summed E-state index contributed by atoms with van der Waals surface area (Å²) >= 11 is 0. The van der Waals surface area contributed by atoms with Crippen molar-refractivity contribution in [1.82, 2.24) is 0 Å². The van der Waals surface area contributed by atoms with Crippen molar-refractivity contribution in [3.8, 4) is 23.7 Å². The van der Waals surface area contributed by atoms with Gasteiger partial charge in [-0.05, 0) is 65.9 Å². The first-order valence-corrected chi connectivity index (χ1v) is 9.94. The van der Waals surface area contributed by atoms with E-state index >= 15 is 0 Å². The molecule has 0 aliphatic carbocycles.